The molecule has 0 aliphatic carbocycles. The molecular weight excluding hydrogens is 271 g/mol. The number of rotatable bonds is 5. The molecule has 5 nitrogen and oxygen atoms in total. The number of amides is 1. The zero-order chi connectivity index (χ0) is 13.7. The summed E-state index contributed by atoms with van der Waals surface area (Å²) in [6.07, 6.45) is 1.86. The predicted octanol–water partition coefficient (Wildman–Crippen LogP) is 1.50. The van der Waals surface area contributed by atoms with Gasteiger partial charge in [0.05, 0.1) is 6.42 Å². The minimum atomic E-state index is -0.474. The Balaban J connectivity index is 1.84. The Morgan fingerprint density at radius 3 is 3.00 bits per heavy atom. The molecule has 0 aliphatic rings. The molecule has 1 aromatic carbocycles. The van der Waals surface area contributed by atoms with E-state index in [0.29, 0.717) is 18.8 Å². The van der Waals surface area contributed by atoms with Gasteiger partial charge in [-0.3, -0.25) is 9.89 Å². The lowest BCUT2D eigenvalue weighted by Crippen LogP contribution is -2.27. The third-order valence-corrected chi connectivity index (χ3v) is 2.90. The van der Waals surface area contributed by atoms with E-state index in [0.717, 1.165) is 0 Å². The van der Waals surface area contributed by atoms with Crippen LogP contribution >= 0.6 is 11.6 Å². The number of halogens is 2. The smallest absolute Gasteiger partial charge is 0.224 e. The SMILES string of the molecule is O=C(Cc1c(F)cccc1Cl)NCCc1ncn[nH]1. The van der Waals surface area contributed by atoms with Gasteiger partial charge in [0.1, 0.15) is 18.0 Å². The van der Waals surface area contributed by atoms with Crippen LogP contribution in [-0.4, -0.2) is 27.6 Å². The summed E-state index contributed by atoms with van der Waals surface area (Å²) in [5.74, 6) is -0.0753. The lowest BCUT2D eigenvalue weighted by molar-refractivity contribution is -0.120. The molecular formula is C12H12ClFN4O. The maximum absolute atomic E-state index is 13.5. The van der Waals surface area contributed by atoms with Gasteiger partial charge < -0.3 is 5.32 Å². The van der Waals surface area contributed by atoms with E-state index in [9.17, 15) is 9.18 Å². The van der Waals surface area contributed by atoms with Crippen molar-refractivity contribution in [1.82, 2.24) is 20.5 Å². The number of benzene rings is 1. The summed E-state index contributed by atoms with van der Waals surface area (Å²) in [5, 5.41) is 9.31. The van der Waals surface area contributed by atoms with Gasteiger partial charge in [0.25, 0.3) is 0 Å². The van der Waals surface area contributed by atoms with Gasteiger partial charge in [0, 0.05) is 23.6 Å². The predicted molar refractivity (Wildman–Crippen MR) is 68.2 cm³/mol. The molecule has 0 radical (unpaired) electrons. The van der Waals surface area contributed by atoms with Crippen molar-refractivity contribution in [1.29, 1.82) is 0 Å². The molecule has 0 saturated heterocycles. The molecule has 0 atom stereocenters. The second-order valence-corrected chi connectivity index (χ2v) is 4.32. The highest BCUT2D eigenvalue weighted by atomic mass is 35.5. The van der Waals surface area contributed by atoms with Gasteiger partial charge in [0.2, 0.25) is 5.91 Å². The van der Waals surface area contributed by atoms with Crippen LogP contribution in [0.3, 0.4) is 0 Å². The second-order valence-electron chi connectivity index (χ2n) is 3.91. The van der Waals surface area contributed by atoms with Crippen LogP contribution in [-0.2, 0) is 17.6 Å². The zero-order valence-corrected chi connectivity index (χ0v) is 10.7. The standard InChI is InChI=1S/C12H12ClFN4O/c13-9-2-1-3-10(14)8(9)6-12(19)15-5-4-11-16-7-17-18-11/h1-3,7H,4-6H2,(H,15,19)(H,16,17,18). The average Bonchev–Trinajstić information content (AvgIpc) is 2.87. The van der Waals surface area contributed by atoms with E-state index in [1.54, 1.807) is 6.07 Å². The monoisotopic (exact) mass is 282 g/mol. The molecule has 2 aromatic rings. The maximum atomic E-state index is 13.5. The van der Waals surface area contributed by atoms with Crippen LogP contribution in [0.2, 0.25) is 5.02 Å². The van der Waals surface area contributed by atoms with Gasteiger partial charge in [-0.15, -0.1) is 0 Å². The lowest BCUT2D eigenvalue weighted by atomic mass is 10.1. The van der Waals surface area contributed by atoms with Crippen molar-refractivity contribution in [3.8, 4) is 0 Å². The van der Waals surface area contributed by atoms with E-state index in [-0.39, 0.29) is 22.9 Å². The van der Waals surface area contributed by atoms with Gasteiger partial charge >= 0.3 is 0 Å². The van der Waals surface area contributed by atoms with E-state index in [1.165, 1.54) is 18.5 Å². The Morgan fingerprint density at radius 2 is 2.32 bits per heavy atom. The number of carbonyl (C=O) groups is 1. The largest absolute Gasteiger partial charge is 0.355 e. The van der Waals surface area contributed by atoms with E-state index in [1.807, 2.05) is 0 Å². The van der Waals surface area contributed by atoms with E-state index >= 15 is 0 Å². The topological polar surface area (TPSA) is 70.7 Å². The first kappa shape index (κ1) is 13.5. The number of nitrogens with one attached hydrogen (secondary N) is 2. The fourth-order valence-corrected chi connectivity index (χ4v) is 1.83. The summed E-state index contributed by atoms with van der Waals surface area (Å²) >= 11 is 5.85. The van der Waals surface area contributed by atoms with Gasteiger partial charge in [-0.25, -0.2) is 9.37 Å². The second kappa shape index (κ2) is 6.29. The first-order valence-corrected chi connectivity index (χ1v) is 6.08. The minimum absolute atomic E-state index is 0.0814. The quantitative estimate of drug-likeness (QED) is 0.873. The summed E-state index contributed by atoms with van der Waals surface area (Å²) in [6, 6.07) is 4.34. The van der Waals surface area contributed by atoms with Crippen LogP contribution in [0.25, 0.3) is 0 Å². The summed E-state index contributed by atoms with van der Waals surface area (Å²) in [5.41, 5.74) is 0.210. The van der Waals surface area contributed by atoms with Crippen LogP contribution in [0.15, 0.2) is 24.5 Å². The van der Waals surface area contributed by atoms with Gasteiger partial charge in [-0.1, -0.05) is 17.7 Å². The van der Waals surface area contributed by atoms with Crippen LogP contribution in [0, 0.1) is 5.82 Å². The highest BCUT2D eigenvalue weighted by Gasteiger charge is 2.11. The van der Waals surface area contributed by atoms with Gasteiger partial charge in [0.15, 0.2) is 0 Å². The third-order valence-electron chi connectivity index (χ3n) is 2.55. The molecule has 0 spiro atoms. The first-order chi connectivity index (χ1) is 9.16. The molecule has 2 rings (SSSR count). The number of hydrogen-bond donors (Lipinski definition) is 2. The van der Waals surface area contributed by atoms with Crippen LogP contribution in [0.1, 0.15) is 11.4 Å². The molecule has 2 N–H and O–H groups in total. The molecule has 1 aromatic heterocycles. The van der Waals surface area contributed by atoms with Crippen molar-refractivity contribution in [2.45, 2.75) is 12.8 Å². The van der Waals surface area contributed by atoms with Crippen molar-refractivity contribution in [3.05, 3.63) is 46.8 Å². The number of aromatic amines is 1. The molecule has 19 heavy (non-hydrogen) atoms. The normalized spacial score (nSPS) is 10.4. The van der Waals surface area contributed by atoms with Crippen molar-refractivity contribution < 1.29 is 9.18 Å². The molecule has 0 unspecified atom stereocenters. The number of hydrogen-bond acceptors (Lipinski definition) is 3. The first-order valence-electron chi connectivity index (χ1n) is 5.70. The molecule has 0 bridgehead atoms. The number of aromatic nitrogens is 3. The summed E-state index contributed by atoms with van der Waals surface area (Å²) < 4.78 is 13.5. The number of carbonyl (C=O) groups excluding carboxylic acids is 1. The maximum Gasteiger partial charge on any atom is 0.224 e. The molecule has 7 heteroatoms. The van der Waals surface area contributed by atoms with Crippen molar-refractivity contribution in [2.75, 3.05) is 6.54 Å². The zero-order valence-electron chi connectivity index (χ0n) is 9.99. The van der Waals surface area contributed by atoms with Crippen LogP contribution in [0.5, 0.6) is 0 Å². The number of H-pyrrole nitrogens is 1. The fraction of sp³-hybridized carbons (Fsp3) is 0.250. The Hall–Kier alpha value is -1.95. The Labute approximate surface area is 114 Å². The number of nitrogens with zero attached hydrogens (tertiary/aromatic N) is 2. The Kier molecular flexibility index (Phi) is 4.46. The minimum Gasteiger partial charge on any atom is -0.355 e. The molecule has 0 fully saturated rings. The molecule has 100 valence electrons. The van der Waals surface area contributed by atoms with Gasteiger partial charge in [-0.05, 0) is 12.1 Å². The highest BCUT2D eigenvalue weighted by molar-refractivity contribution is 6.31. The van der Waals surface area contributed by atoms with Crippen molar-refractivity contribution >= 4 is 17.5 Å². The van der Waals surface area contributed by atoms with E-state index in [4.69, 9.17) is 11.6 Å². The summed E-state index contributed by atoms with van der Waals surface area (Å²) in [4.78, 5) is 15.6. The van der Waals surface area contributed by atoms with Crippen LogP contribution < -0.4 is 5.32 Å². The summed E-state index contributed by atoms with van der Waals surface area (Å²) in [7, 11) is 0. The third kappa shape index (κ3) is 3.75. The van der Waals surface area contributed by atoms with Crippen molar-refractivity contribution in [2.24, 2.45) is 0 Å². The highest BCUT2D eigenvalue weighted by Crippen LogP contribution is 2.19. The van der Waals surface area contributed by atoms with E-state index < -0.39 is 5.82 Å². The lowest BCUT2D eigenvalue weighted by Gasteiger charge is -2.06. The van der Waals surface area contributed by atoms with E-state index in [2.05, 4.69) is 20.5 Å². The van der Waals surface area contributed by atoms with Gasteiger partial charge in [-0.2, -0.15) is 5.10 Å². The van der Waals surface area contributed by atoms with Crippen LogP contribution in [0.4, 0.5) is 4.39 Å². The molecule has 1 heterocycles. The van der Waals surface area contributed by atoms with Crippen molar-refractivity contribution in [3.63, 3.8) is 0 Å². The molecule has 1 amide bonds. The Bertz CT molecular complexity index is 539. The summed E-state index contributed by atoms with van der Waals surface area (Å²) in [6.45, 7) is 0.403. The Morgan fingerprint density at radius 1 is 1.47 bits per heavy atom. The fourth-order valence-electron chi connectivity index (χ4n) is 1.60. The molecule has 0 aliphatic heterocycles. The molecule has 0 saturated carbocycles. The average molecular weight is 283 g/mol.